The van der Waals surface area contributed by atoms with Gasteiger partial charge in [0.25, 0.3) is 0 Å². The SMILES string of the molecule is CCc1cc(CC)c(N(c2ccc3c(c2)C(c2ccc(C)cc2)(c2ccc(C)cc2)c2ccccc2-3)c2ccc3c(c2)C(c2ccc(C)cc2)(c2ccc(C)cc2)c2ccccc2-3)c(CC)c1. The smallest absolute Gasteiger partial charge is 0.0714 e. The van der Waals surface area contributed by atoms with Crippen LogP contribution in [0.3, 0.4) is 0 Å². The fourth-order valence-electron chi connectivity index (χ4n) is 11.9. The van der Waals surface area contributed by atoms with Crippen LogP contribution >= 0.6 is 0 Å². The van der Waals surface area contributed by atoms with Crippen molar-refractivity contribution in [1.29, 1.82) is 0 Å². The summed E-state index contributed by atoms with van der Waals surface area (Å²) < 4.78 is 0. The summed E-state index contributed by atoms with van der Waals surface area (Å²) in [6.45, 7) is 15.7. The Morgan fingerprint density at radius 1 is 0.328 bits per heavy atom. The van der Waals surface area contributed by atoms with Gasteiger partial charge in [-0.25, -0.2) is 0 Å². The summed E-state index contributed by atoms with van der Waals surface area (Å²) in [5.74, 6) is 0. The third-order valence-electron chi connectivity index (χ3n) is 15.2. The molecule has 0 aliphatic heterocycles. The molecule has 0 fully saturated rings. The zero-order valence-corrected chi connectivity index (χ0v) is 40.0. The van der Waals surface area contributed by atoms with E-state index in [2.05, 4.69) is 247 Å². The molecule has 67 heavy (non-hydrogen) atoms. The minimum atomic E-state index is -0.534. The maximum atomic E-state index is 2.63. The molecule has 11 rings (SSSR count). The lowest BCUT2D eigenvalue weighted by Crippen LogP contribution is -2.29. The van der Waals surface area contributed by atoms with Crippen molar-refractivity contribution in [1.82, 2.24) is 0 Å². The minimum absolute atomic E-state index is 0.534. The molecule has 2 aliphatic rings. The molecule has 1 heteroatoms. The number of fused-ring (bicyclic) bond motifs is 6. The van der Waals surface area contributed by atoms with Gasteiger partial charge in [-0.3, -0.25) is 0 Å². The second-order valence-electron chi connectivity index (χ2n) is 19.2. The van der Waals surface area contributed by atoms with Gasteiger partial charge in [0.05, 0.1) is 16.5 Å². The normalized spacial score (nSPS) is 13.7. The quantitative estimate of drug-likeness (QED) is 0.132. The van der Waals surface area contributed by atoms with Crippen LogP contribution in [0.2, 0.25) is 0 Å². The lowest BCUT2D eigenvalue weighted by molar-refractivity contribution is 0.766. The zero-order chi connectivity index (χ0) is 46.0. The van der Waals surface area contributed by atoms with Crippen LogP contribution in [-0.2, 0) is 30.1 Å². The highest BCUT2D eigenvalue weighted by Crippen LogP contribution is 2.60. The Kier molecular flexibility index (Phi) is 10.5. The first-order valence-corrected chi connectivity index (χ1v) is 24.4. The number of aryl methyl sites for hydroxylation is 7. The molecule has 0 bridgehead atoms. The van der Waals surface area contributed by atoms with Gasteiger partial charge in [0, 0.05) is 11.4 Å². The highest BCUT2D eigenvalue weighted by molar-refractivity contribution is 5.93. The van der Waals surface area contributed by atoms with Gasteiger partial charge in [-0.15, -0.1) is 0 Å². The van der Waals surface area contributed by atoms with Gasteiger partial charge in [-0.2, -0.15) is 0 Å². The molecule has 0 saturated carbocycles. The summed E-state index contributed by atoms with van der Waals surface area (Å²) in [5.41, 5.74) is 27.3. The minimum Gasteiger partial charge on any atom is -0.310 e. The number of hydrogen-bond donors (Lipinski definition) is 0. The van der Waals surface area contributed by atoms with E-state index in [1.807, 2.05) is 0 Å². The number of hydrogen-bond acceptors (Lipinski definition) is 1. The molecule has 2 aliphatic carbocycles. The van der Waals surface area contributed by atoms with Gasteiger partial charge in [-0.05, 0) is 155 Å². The van der Waals surface area contributed by atoms with E-state index >= 15 is 0 Å². The van der Waals surface area contributed by atoms with E-state index in [0.717, 1.165) is 30.6 Å². The molecule has 0 N–H and O–H groups in total. The highest BCUT2D eigenvalue weighted by Gasteiger charge is 2.48. The lowest BCUT2D eigenvalue weighted by atomic mass is 9.67. The second kappa shape index (κ2) is 16.6. The Morgan fingerprint density at radius 2 is 0.657 bits per heavy atom. The van der Waals surface area contributed by atoms with Gasteiger partial charge in [-0.1, -0.05) is 213 Å². The molecular formula is C66H59N. The van der Waals surface area contributed by atoms with Crippen molar-refractivity contribution >= 4 is 17.1 Å². The largest absolute Gasteiger partial charge is 0.310 e. The van der Waals surface area contributed by atoms with E-state index in [1.165, 1.54) is 111 Å². The van der Waals surface area contributed by atoms with E-state index < -0.39 is 10.8 Å². The molecule has 0 saturated heterocycles. The Balaban J connectivity index is 1.24. The summed E-state index contributed by atoms with van der Waals surface area (Å²) in [6, 6.07) is 75.2. The maximum absolute atomic E-state index is 2.63. The van der Waals surface area contributed by atoms with Gasteiger partial charge in [0.2, 0.25) is 0 Å². The van der Waals surface area contributed by atoms with Crippen LogP contribution in [0.4, 0.5) is 17.1 Å². The summed E-state index contributed by atoms with van der Waals surface area (Å²) in [6.07, 6.45) is 2.85. The van der Waals surface area contributed by atoms with Gasteiger partial charge < -0.3 is 4.90 Å². The molecule has 0 heterocycles. The van der Waals surface area contributed by atoms with E-state index in [-0.39, 0.29) is 0 Å². The first kappa shape index (κ1) is 42.4. The van der Waals surface area contributed by atoms with Crippen molar-refractivity contribution in [3.8, 4) is 22.3 Å². The van der Waals surface area contributed by atoms with E-state index in [1.54, 1.807) is 0 Å². The monoisotopic (exact) mass is 865 g/mol. The molecule has 0 spiro atoms. The molecule has 328 valence electrons. The van der Waals surface area contributed by atoms with Crippen molar-refractivity contribution in [3.63, 3.8) is 0 Å². The van der Waals surface area contributed by atoms with Crippen LogP contribution in [-0.4, -0.2) is 0 Å². The topological polar surface area (TPSA) is 3.24 Å². The molecular weight excluding hydrogens is 807 g/mol. The van der Waals surface area contributed by atoms with Crippen LogP contribution in [0.1, 0.15) is 104 Å². The number of anilines is 3. The molecule has 0 aromatic heterocycles. The van der Waals surface area contributed by atoms with E-state index in [4.69, 9.17) is 0 Å². The number of benzene rings is 9. The molecule has 0 radical (unpaired) electrons. The number of rotatable bonds is 10. The van der Waals surface area contributed by atoms with Gasteiger partial charge in [0.15, 0.2) is 0 Å². The Hall–Kier alpha value is -7.22. The summed E-state index contributed by atoms with van der Waals surface area (Å²) >= 11 is 0. The van der Waals surface area contributed by atoms with Crippen LogP contribution in [0.5, 0.6) is 0 Å². The molecule has 0 atom stereocenters. The Labute approximate surface area is 398 Å². The fraction of sp³-hybridized carbons (Fsp3) is 0.182. The highest BCUT2D eigenvalue weighted by atomic mass is 15.1. The standard InChI is InChI=1S/C66H59N/c1-8-47-39-48(9-2)64(49(10-3)40-47)67(54-35-37-58-56-15-11-13-17-60(56)65(62(58)41-54,50-27-19-43(4)20-28-50)51-29-21-44(5)22-30-51)55-36-38-59-57-16-12-14-18-61(57)66(63(59)42-55,52-31-23-45(6)24-32-52)53-33-25-46(7)26-34-53/h11-42H,8-10H2,1-7H3. The second-order valence-corrected chi connectivity index (χ2v) is 19.2. The van der Waals surface area contributed by atoms with E-state index in [0.29, 0.717) is 0 Å². The van der Waals surface area contributed by atoms with Crippen LogP contribution in [0, 0.1) is 27.7 Å². The van der Waals surface area contributed by atoms with Gasteiger partial charge >= 0.3 is 0 Å². The zero-order valence-electron chi connectivity index (χ0n) is 40.0. The Morgan fingerprint density at radius 3 is 0.985 bits per heavy atom. The molecule has 1 nitrogen and oxygen atoms in total. The van der Waals surface area contributed by atoms with Crippen molar-refractivity contribution in [2.75, 3.05) is 4.90 Å². The van der Waals surface area contributed by atoms with Crippen LogP contribution in [0.25, 0.3) is 22.3 Å². The number of nitrogens with zero attached hydrogens (tertiary/aromatic N) is 1. The molecule has 9 aromatic carbocycles. The average Bonchev–Trinajstić information content (AvgIpc) is 3.83. The molecule has 9 aromatic rings. The maximum Gasteiger partial charge on any atom is 0.0714 e. The fourth-order valence-corrected chi connectivity index (χ4v) is 11.9. The van der Waals surface area contributed by atoms with Crippen LogP contribution < -0.4 is 4.90 Å². The summed E-state index contributed by atoms with van der Waals surface area (Å²) in [4.78, 5) is 2.63. The van der Waals surface area contributed by atoms with Crippen LogP contribution in [0.15, 0.2) is 194 Å². The summed E-state index contributed by atoms with van der Waals surface area (Å²) in [7, 11) is 0. The van der Waals surface area contributed by atoms with Gasteiger partial charge in [0.1, 0.15) is 0 Å². The van der Waals surface area contributed by atoms with Crippen molar-refractivity contribution in [2.24, 2.45) is 0 Å². The van der Waals surface area contributed by atoms with E-state index in [9.17, 15) is 0 Å². The lowest BCUT2D eigenvalue weighted by Gasteiger charge is -2.37. The summed E-state index contributed by atoms with van der Waals surface area (Å²) in [5, 5.41) is 0. The predicted molar refractivity (Wildman–Crippen MR) is 283 cm³/mol. The molecule has 0 amide bonds. The van der Waals surface area contributed by atoms with Crippen molar-refractivity contribution in [2.45, 2.75) is 78.6 Å². The third-order valence-corrected chi connectivity index (χ3v) is 15.2. The first-order chi connectivity index (χ1) is 32.7. The molecule has 0 unspecified atom stereocenters. The van der Waals surface area contributed by atoms with Crippen molar-refractivity contribution in [3.05, 3.63) is 278 Å². The predicted octanol–water partition coefficient (Wildman–Crippen LogP) is 16.8. The van der Waals surface area contributed by atoms with Crippen molar-refractivity contribution < 1.29 is 0 Å². The average molecular weight is 866 g/mol. The first-order valence-electron chi connectivity index (χ1n) is 24.4. The Bertz CT molecular complexity index is 3000. The third kappa shape index (κ3) is 6.50.